The molecule has 1 fully saturated rings. The number of halogens is 3. The fraction of sp³-hybridized carbons (Fsp3) is 0.429. The zero-order valence-electron chi connectivity index (χ0n) is 18.6. The number of nitrogens with zero attached hydrogens (tertiary/aromatic N) is 1. The molecule has 1 aliphatic rings. The summed E-state index contributed by atoms with van der Waals surface area (Å²) in [5, 5.41) is 7.95. The third kappa shape index (κ3) is 7.57. The van der Waals surface area contributed by atoms with Crippen LogP contribution in [0.4, 0.5) is 18.9 Å². The minimum Gasteiger partial charge on any atom is -0.380 e. The Morgan fingerprint density at radius 2 is 1.71 bits per heavy atom. The summed E-state index contributed by atoms with van der Waals surface area (Å²) in [6.07, 6.45) is 0.502. The second-order valence-corrected chi connectivity index (χ2v) is 12.4. The summed E-state index contributed by atoms with van der Waals surface area (Å²) >= 11 is 1.47. The molecule has 1 saturated heterocycles. The minimum atomic E-state index is -5.85. The third-order valence-electron chi connectivity index (χ3n) is 5.33. The van der Waals surface area contributed by atoms with Crippen LogP contribution in [-0.4, -0.2) is 71.9 Å². The van der Waals surface area contributed by atoms with Crippen molar-refractivity contribution in [2.24, 2.45) is 5.14 Å². The van der Waals surface area contributed by atoms with E-state index in [1.807, 2.05) is 30.3 Å². The molecule has 0 aliphatic carbocycles. The molecule has 1 unspecified atom stereocenters. The predicted molar refractivity (Wildman–Crippen MR) is 128 cm³/mol. The van der Waals surface area contributed by atoms with Crippen molar-refractivity contribution < 1.29 is 34.7 Å². The molecule has 2 aromatic carbocycles. The highest BCUT2D eigenvalue weighted by Crippen LogP contribution is 2.36. The Hall–Kier alpha value is -1.84. The fourth-order valence-electron chi connectivity index (χ4n) is 3.44. The first-order valence-electron chi connectivity index (χ1n) is 10.6. The van der Waals surface area contributed by atoms with Crippen LogP contribution < -0.4 is 10.5 Å². The quantitative estimate of drug-likeness (QED) is 0.431. The topological polar surface area (TPSA) is 119 Å². The van der Waals surface area contributed by atoms with Gasteiger partial charge in [0.05, 0.1) is 23.8 Å². The molecule has 0 amide bonds. The summed E-state index contributed by atoms with van der Waals surface area (Å²) in [7, 11) is -10.3. The van der Waals surface area contributed by atoms with E-state index in [0.29, 0.717) is 38.0 Å². The van der Waals surface area contributed by atoms with E-state index in [4.69, 9.17) is 9.88 Å². The molecule has 3 rings (SSSR count). The summed E-state index contributed by atoms with van der Waals surface area (Å²) in [6, 6.07) is 11.4. The fourth-order valence-corrected chi connectivity index (χ4v) is 6.00. The first kappa shape index (κ1) is 27.7. The number of ether oxygens (including phenoxy) is 1. The molecule has 3 N–H and O–H groups in total. The van der Waals surface area contributed by atoms with E-state index in [0.717, 1.165) is 30.1 Å². The van der Waals surface area contributed by atoms with Gasteiger partial charge in [0.2, 0.25) is 10.0 Å². The van der Waals surface area contributed by atoms with Crippen LogP contribution >= 0.6 is 11.8 Å². The van der Waals surface area contributed by atoms with Gasteiger partial charge in [0.25, 0.3) is 9.84 Å². The Bertz CT molecular complexity index is 1200. The number of anilines is 1. The molecule has 14 heteroatoms. The molecule has 35 heavy (non-hydrogen) atoms. The van der Waals surface area contributed by atoms with Crippen molar-refractivity contribution in [2.45, 2.75) is 32.7 Å². The Morgan fingerprint density at radius 3 is 2.31 bits per heavy atom. The number of sulfonamides is 1. The second kappa shape index (κ2) is 11.5. The summed E-state index contributed by atoms with van der Waals surface area (Å²) in [6.45, 7) is 3.22. The first-order valence-corrected chi connectivity index (χ1v) is 14.6. The third-order valence-corrected chi connectivity index (χ3v) is 8.94. The van der Waals surface area contributed by atoms with Gasteiger partial charge in [0, 0.05) is 36.3 Å². The molecule has 0 bridgehead atoms. The monoisotopic (exact) mass is 553 g/mol. The molecule has 0 saturated carbocycles. The van der Waals surface area contributed by atoms with Crippen molar-refractivity contribution in [3.63, 3.8) is 0 Å². The number of hydrogen-bond acceptors (Lipinski definition) is 8. The van der Waals surface area contributed by atoms with Crippen molar-refractivity contribution in [3.05, 3.63) is 48.5 Å². The van der Waals surface area contributed by atoms with Crippen LogP contribution in [-0.2, 0) is 24.6 Å². The highest BCUT2D eigenvalue weighted by Gasteiger charge is 2.48. The maximum atomic E-state index is 13.4. The van der Waals surface area contributed by atoms with Gasteiger partial charge in [0.1, 0.15) is 4.90 Å². The number of morpholine rings is 1. The lowest BCUT2D eigenvalue weighted by Crippen LogP contribution is -2.39. The number of alkyl halides is 3. The van der Waals surface area contributed by atoms with Crippen LogP contribution in [0, 0.1) is 0 Å². The van der Waals surface area contributed by atoms with E-state index in [-0.39, 0.29) is 5.69 Å². The number of rotatable bonds is 10. The maximum Gasteiger partial charge on any atom is 0.501 e. The second-order valence-electron chi connectivity index (χ2n) is 7.86. The minimum absolute atomic E-state index is 0.338. The zero-order chi connectivity index (χ0) is 25.7. The van der Waals surface area contributed by atoms with Gasteiger partial charge in [-0.25, -0.2) is 22.0 Å². The molecule has 194 valence electrons. The van der Waals surface area contributed by atoms with E-state index in [1.54, 1.807) is 0 Å². The Balaban J connectivity index is 1.91. The summed E-state index contributed by atoms with van der Waals surface area (Å²) in [4.78, 5) is 1.19. The van der Waals surface area contributed by atoms with Crippen LogP contribution in [0.1, 0.15) is 6.42 Å². The van der Waals surface area contributed by atoms with E-state index < -0.39 is 41.2 Å². The molecule has 1 atom stereocenters. The average Bonchev–Trinajstić information content (AvgIpc) is 2.81. The van der Waals surface area contributed by atoms with Crippen LogP contribution in [0.15, 0.2) is 63.2 Å². The number of sulfone groups is 1. The molecule has 0 spiro atoms. The zero-order valence-corrected chi connectivity index (χ0v) is 21.0. The van der Waals surface area contributed by atoms with Crippen molar-refractivity contribution in [1.29, 1.82) is 0 Å². The van der Waals surface area contributed by atoms with Gasteiger partial charge in [-0.2, -0.15) is 13.2 Å². The molecule has 8 nitrogen and oxygen atoms in total. The number of hydrogen-bond donors (Lipinski definition) is 2. The molecular formula is C21H26F3N3O5S3. The van der Waals surface area contributed by atoms with Gasteiger partial charge >= 0.3 is 5.51 Å². The number of primary sulfonamides is 1. The van der Waals surface area contributed by atoms with Gasteiger partial charge in [-0.3, -0.25) is 4.90 Å². The normalized spacial score (nSPS) is 16.7. The molecular weight excluding hydrogens is 527 g/mol. The van der Waals surface area contributed by atoms with Crippen LogP contribution in [0.3, 0.4) is 0 Å². The standard InChI is InChI=1S/C21H26F3N3O5S3/c22-21(23,24)34(28,29)20-14-18(35(25,30)31)6-7-19(20)26-16(8-9-27-10-12-32-13-11-27)15-33-17-4-2-1-3-5-17/h1-7,14,16,26H,8-13,15H2,(H2,25,30,31). The van der Waals surface area contributed by atoms with Gasteiger partial charge in [0.15, 0.2) is 0 Å². The largest absolute Gasteiger partial charge is 0.501 e. The van der Waals surface area contributed by atoms with Crippen LogP contribution in [0.25, 0.3) is 0 Å². The first-order chi connectivity index (χ1) is 16.4. The lowest BCUT2D eigenvalue weighted by molar-refractivity contribution is -0.0435. The van der Waals surface area contributed by atoms with Crippen LogP contribution in [0.2, 0.25) is 0 Å². The summed E-state index contributed by atoms with van der Waals surface area (Å²) < 4.78 is 93.5. The molecule has 0 radical (unpaired) electrons. The highest BCUT2D eigenvalue weighted by molar-refractivity contribution is 7.99. The Kier molecular flexibility index (Phi) is 9.10. The number of thioether (sulfide) groups is 1. The van der Waals surface area contributed by atoms with Crippen molar-refractivity contribution >= 4 is 37.3 Å². The SMILES string of the molecule is NS(=O)(=O)c1ccc(NC(CCN2CCOCC2)CSc2ccccc2)c(S(=O)(=O)C(F)(F)F)c1. The van der Waals surface area contributed by atoms with Crippen molar-refractivity contribution in [3.8, 4) is 0 Å². The van der Waals surface area contributed by atoms with Crippen LogP contribution in [0.5, 0.6) is 0 Å². The lowest BCUT2D eigenvalue weighted by Gasteiger charge is -2.29. The molecule has 0 aromatic heterocycles. The smallest absolute Gasteiger partial charge is 0.380 e. The van der Waals surface area contributed by atoms with Crippen molar-refractivity contribution in [1.82, 2.24) is 4.90 Å². The maximum absolute atomic E-state index is 13.4. The Morgan fingerprint density at radius 1 is 1.06 bits per heavy atom. The predicted octanol–water partition coefficient (Wildman–Crippen LogP) is 2.92. The lowest BCUT2D eigenvalue weighted by atomic mass is 10.2. The number of nitrogens with two attached hydrogens (primary N) is 1. The summed E-state index contributed by atoms with van der Waals surface area (Å²) in [5.41, 5.74) is -5.96. The number of benzene rings is 2. The number of nitrogens with one attached hydrogen (secondary N) is 1. The molecule has 2 aromatic rings. The summed E-state index contributed by atoms with van der Waals surface area (Å²) in [5.74, 6) is 0.427. The van der Waals surface area contributed by atoms with E-state index in [1.165, 1.54) is 11.8 Å². The molecule has 1 aliphatic heterocycles. The van der Waals surface area contributed by atoms with E-state index >= 15 is 0 Å². The van der Waals surface area contributed by atoms with Gasteiger partial charge in [-0.1, -0.05) is 18.2 Å². The van der Waals surface area contributed by atoms with E-state index in [9.17, 15) is 30.0 Å². The van der Waals surface area contributed by atoms with Gasteiger partial charge in [-0.15, -0.1) is 11.8 Å². The van der Waals surface area contributed by atoms with E-state index in [2.05, 4.69) is 10.2 Å². The van der Waals surface area contributed by atoms with Gasteiger partial charge in [-0.05, 0) is 36.8 Å². The highest BCUT2D eigenvalue weighted by atomic mass is 32.2. The van der Waals surface area contributed by atoms with Gasteiger partial charge < -0.3 is 10.1 Å². The molecule has 1 heterocycles. The average molecular weight is 554 g/mol. The Labute approximate surface area is 207 Å². The van der Waals surface area contributed by atoms with Crippen molar-refractivity contribution in [2.75, 3.05) is 43.9 Å².